The second-order valence-electron chi connectivity index (χ2n) is 8.38. The van der Waals surface area contributed by atoms with E-state index in [2.05, 4.69) is 55.1 Å². The molecule has 0 fully saturated rings. The summed E-state index contributed by atoms with van der Waals surface area (Å²) in [6, 6.07) is 18.4. The Morgan fingerprint density at radius 1 is 1.00 bits per heavy atom. The number of nitrogens with one attached hydrogen (secondary N) is 1. The van der Waals surface area contributed by atoms with E-state index in [0.29, 0.717) is 11.7 Å². The Labute approximate surface area is 198 Å². The van der Waals surface area contributed by atoms with Crippen LogP contribution in [0.3, 0.4) is 0 Å². The minimum atomic E-state index is 0.511. The molecule has 0 aliphatic rings. The molecule has 3 aromatic heterocycles. The molecule has 5 aromatic rings. The van der Waals surface area contributed by atoms with Gasteiger partial charge in [0.25, 0.3) is 0 Å². The summed E-state index contributed by atoms with van der Waals surface area (Å²) in [5.41, 5.74) is 6.75. The number of aromatic nitrogens is 5. The molecule has 2 aromatic carbocycles. The van der Waals surface area contributed by atoms with Gasteiger partial charge >= 0.3 is 0 Å². The molecule has 172 valence electrons. The fraction of sp³-hybridized carbons (Fsp3) is 0.192. The van der Waals surface area contributed by atoms with Crippen molar-refractivity contribution in [2.24, 2.45) is 7.05 Å². The molecule has 0 aliphatic carbocycles. The predicted molar refractivity (Wildman–Crippen MR) is 136 cm³/mol. The lowest BCUT2D eigenvalue weighted by atomic mass is 10.2. The average molecular weight is 454 g/mol. The topological polar surface area (TPSA) is 73.0 Å². The van der Waals surface area contributed by atoms with Crippen molar-refractivity contribution in [3.05, 3.63) is 72.8 Å². The maximum atomic E-state index is 5.56. The highest BCUT2D eigenvalue weighted by Gasteiger charge is 2.15. The van der Waals surface area contributed by atoms with E-state index in [4.69, 9.17) is 9.72 Å². The average Bonchev–Trinajstić information content (AvgIpc) is 3.43. The van der Waals surface area contributed by atoms with Gasteiger partial charge in [-0.3, -0.25) is 0 Å². The summed E-state index contributed by atoms with van der Waals surface area (Å²) in [6.45, 7) is 1.95. The number of ether oxygens (including phenoxy) is 1. The molecule has 1 N–H and O–H groups in total. The number of aryl methyl sites for hydroxylation is 2. The van der Waals surface area contributed by atoms with Crippen LogP contribution in [0.5, 0.6) is 5.88 Å². The fourth-order valence-corrected chi connectivity index (χ4v) is 4.04. The van der Waals surface area contributed by atoms with Crippen molar-refractivity contribution in [2.75, 3.05) is 31.4 Å². The molecular weight excluding hydrogens is 426 g/mol. The number of imidazole rings is 2. The lowest BCUT2D eigenvalue weighted by molar-refractivity contribution is 0.396. The van der Waals surface area contributed by atoms with Crippen LogP contribution in [0.4, 0.5) is 17.2 Å². The molecular formula is C26H27N7O. The predicted octanol–water partition coefficient (Wildman–Crippen LogP) is 4.95. The Morgan fingerprint density at radius 2 is 1.82 bits per heavy atom. The lowest BCUT2D eigenvalue weighted by Crippen LogP contribution is -2.08. The van der Waals surface area contributed by atoms with E-state index in [0.717, 1.165) is 45.2 Å². The van der Waals surface area contributed by atoms with Gasteiger partial charge in [0, 0.05) is 38.6 Å². The maximum Gasteiger partial charge on any atom is 0.240 e. The van der Waals surface area contributed by atoms with Crippen LogP contribution < -0.4 is 15.0 Å². The molecule has 8 heteroatoms. The third-order valence-electron chi connectivity index (χ3n) is 5.82. The number of nitrogens with zero attached hydrogens (tertiary/aromatic N) is 6. The SMILES string of the molecule is COc1nc(Nc2cccc3c2nc(-c2cccc(N(C)C)c2)n3C)ccc1-n1cnc(C)c1. The summed E-state index contributed by atoms with van der Waals surface area (Å²) in [7, 11) is 7.74. The number of rotatable bonds is 6. The summed E-state index contributed by atoms with van der Waals surface area (Å²) >= 11 is 0. The van der Waals surface area contributed by atoms with Crippen LogP contribution in [0.15, 0.2) is 67.1 Å². The van der Waals surface area contributed by atoms with Gasteiger partial charge in [0.1, 0.15) is 22.8 Å². The van der Waals surface area contributed by atoms with Crippen molar-refractivity contribution in [1.82, 2.24) is 24.1 Å². The van der Waals surface area contributed by atoms with Crippen molar-refractivity contribution in [1.29, 1.82) is 0 Å². The smallest absolute Gasteiger partial charge is 0.240 e. The first-order valence-electron chi connectivity index (χ1n) is 11.0. The number of para-hydroxylation sites is 1. The van der Waals surface area contributed by atoms with Gasteiger partial charge in [0.05, 0.1) is 30.3 Å². The fourth-order valence-electron chi connectivity index (χ4n) is 4.04. The van der Waals surface area contributed by atoms with Crippen LogP contribution in [0.25, 0.3) is 28.1 Å². The van der Waals surface area contributed by atoms with Crippen LogP contribution in [-0.4, -0.2) is 45.3 Å². The third kappa shape index (κ3) is 3.83. The number of methoxy groups -OCH3 is 1. The molecule has 34 heavy (non-hydrogen) atoms. The number of hydrogen-bond acceptors (Lipinski definition) is 6. The normalized spacial score (nSPS) is 11.1. The van der Waals surface area contributed by atoms with Crippen molar-refractivity contribution in [2.45, 2.75) is 6.92 Å². The van der Waals surface area contributed by atoms with E-state index >= 15 is 0 Å². The zero-order chi connectivity index (χ0) is 23.8. The van der Waals surface area contributed by atoms with Crippen LogP contribution >= 0.6 is 0 Å². The van der Waals surface area contributed by atoms with Crippen LogP contribution in [0, 0.1) is 6.92 Å². The second kappa shape index (κ2) is 8.55. The van der Waals surface area contributed by atoms with Crippen molar-refractivity contribution < 1.29 is 4.74 Å². The molecule has 0 bridgehead atoms. The van der Waals surface area contributed by atoms with Gasteiger partial charge in [-0.15, -0.1) is 0 Å². The molecule has 3 heterocycles. The molecule has 0 saturated carbocycles. The number of hydrogen-bond donors (Lipinski definition) is 1. The third-order valence-corrected chi connectivity index (χ3v) is 5.82. The lowest BCUT2D eigenvalue weighted by Gasteiger charge is -2.13. The Hall–Kier alpha value is -4.33. The van der Waals surface area contributed by atoms with Gasteiger partial charge < -0.3 is 24.1 Å². The van der Waals surface area contributed by atoms with E-state index in [1.165, 1.54) is 0 Å². The van der Waals surface area contributed by atoms with Gasteiger partial charge in [-0.2, -0.15) is 4.98 Å². The molecule has 0 amide bonds. The van der Waals surface area contributed by atoms with Crippen LogP contribution in [0.1, 0.15) is 5.69 Å². The maximum absolute atomic E-state index is 5.56. The highest BCUT2D eigenvalue weighted by atomic mass is 16.5. The van der Waals surface area contributed by atoms with Gasteiger partial charge in [-0.1, -0.05) is 18.2 Å². The first kappa shape index (κ1) is 21.5. The second-order valence-corrected chi connectivity index (χ2v) is 8.38. The standard InChI is InChI=1S/C26H27N7O/c1-17-15-33(16-27-17)22-12-13-23(29-26(22)34-5)28-20-10-7-11-21-24(20)30-25(32(21)4)18-8-6-9-19(14-18)31(2)3/h6-16H,1-5H3,(H,28,29). The largest absolute Gasteiger partial charge is 0.479 e. The van der Waals surface area contributed by atoms with Gasteiger partial charge in [0.2, 0.25) is 5.88 Å². The molecule has 0 spiro atoms. The Bertz CT molecular complexity index is 1480. The summed E-state index contributed by atoms with van der Waals surface area (Å²) < 4.78 is 9.58. The molecule has 8 nitrogen and oxygen atoms in total. The highest BCUT2D eigenvalue weighted by Crippen LogP contribution is 2.32. The minimum Gasteiger partial charge on any atom is -0.479 e. The molecule has 0 unspecified atom stereocenters. The van der Waals surface area contributed by atoms with Crippen molar-refractivity contribution in [3.8, 4) is 23.0 Å². The number of fused-ring (bicyclic) bond motifs is 1. The molecule has 0 atom stereocenters. The summed E-state index contributed by atoms with van der Waals surface area (Å²) in [5, 5.41) is 3.43. The number of pyridine rings is 1. The van der Waals surface area contributed by atoms with Gasteiger partial charge in [-0.05, 0) is 43.3 Å². The monoisotopic (exact) mass is 453 g/mol. The minimum absolute atomic E-state index is 0.511. The molecule has 0 aliphatic heterocycles. The van der Waals surface area contributed by atoms with E-state index in [1.54, 1.807) is 13.4 Å². The summed E-state index contributed by atoms with van der Waals surface area (Å²) in [4.78, 5) is 16.1. The summed E-state index contributed by atoms with van der Waals surface area (Å²) in [5.74, 6) is 2.09. The van der Waals surface area contributed by atoms with Crippen LogP contribution in [0.2, 0.25) is 0 Å². The Balaban J connectivity index is 1.53. The quantitative estimate of drug-likeness (QED) is 0.392. The van der Waals surface area contributed by atoms with Gasteiger partial charge in [0.15, 0.2) is 0 Å². The molecule has 0 radical (unpaired) electrons. The zero-order valence-electron chi connectivity index (χ0n) is 19.9. The number of anilines is 3. The first-order valence-corrected chi connectivity index (χ1v) is 11.0. The van der Waals surface area contributed by atoms with Crippen molar-refractivity contribution in [3.63, 3.8) is 0 Å². The van der Waals surface area contributed by atoms with E-state index < -0.39 is 0 Å². The zero-order valence-corrected chi connectivity index (χ0v) is 19.9. The first-order chi connectivity index (χ1) is 16.4. The van der Waals surface area contributed by atoms with Crippen molar-refractivity contribution >= 4 is 28.2 Å². The van der Waals surface area contributed by atoms with Gasteiger partial charge in [-0.25, -0.2) is 9.97 Å². The number of benzene rings is 2. The van der Waals surface area contributed by atoms with E-state index in [1.807, 2.05) is 63.1 Å². The molecule has 0 saturated heterocycles. The van der Waals surface area contributed by atoms with Crippen LogP contribution in [-0.2, 0) is 7.05 Å². The van der Waals surface area contributed by atoms with E-state index in [9.17, 15) is 0 Å². The Morgan fingerprint density at radius 3 is 2.56 bits per heavy atom. The Kier molecular flexibility index (Phi) is 5.41. The van der Waals surface area contributed by atoms with E-state index in [-0.39, 0.29) is 0 Å². The highest BCUT2D eigenvalue weighted by molar-refractivity contribution is 5.92. The molecule has 5 rings (SSSR count). The summed E-state index contributed by atoms with van der Waals surface area (Å²) in [6.07, 6.45) is 3.69.